The van der Waals surface area contributed by atoms with Crippen molar-refractivity contribution in [3.8, 4) is 0 Å². The minimum absolute atomic E-state index is 0. The van der Waals surface area contributed by atoms with Gasteiger partial charge >= 0.3 is 0 Å². The molecule has 2 atom stereocenters. The molecule has 2 unspecified atom stereocenters. The average molecular weight is 523 g/mol. The first-order chi connectivity index (χ1) is 14.0. The number of nitrogens with zero attached hydrogens (tertiary/aromatic N) is 3. The number of benzene rings is 1. The van der Waals surface area contributed by atoms with Crippen LogP contribution in [0, 0.1) is 0 Å². The van der Waals surface area contributed by atoms with Gasteiger partial charge in [-0.25, -0.2) is 4.99 Å². The number of morpholine rings is 1. The quantitative estimate of drug-likeness (QED) is 0.345. The SMILES string of the molecule is CC1CN(C(=O)c2ccc(CN=C(N)NCCc3ccccn3)cc2)CC(C)O1.I. The maximum Gasteiger partial charge on any atom is 0.254 e. The number of pyridine rings is 1. The van der Waals surface area contributed by atoms with Crippen LogP contribution >= 0.6 is 24.0 Å². The monoisotopic (exact) mass is 523 g/mol. The number of carbonyl (C=O) groups excluding carboxylic acids is 1. The van der Waals surface area contributed by atoms with E-state index >= 15 is 0 Å². The van der Waals surface area contributed by atoms with Gasteiger partial charge in [0.05, 0.1) is 18.8 Å². The first-order valence-corrected chi connectivity index (χ1v) is 9.98. The molecule has 1 aromatic heterocycles. The molecule has 1 amide bonds. The molecule has 2 aromatic rings. The molecule has 1 saturated heterocycles. The lowest BCUT2D eigenvalue weighted by atomic mass is 10.1. The van der Waals surface area contributed by atoms with Gasteiger partial charge in [0, 0.05) is 43.5 Å². The van der Waals surface area contributed by atoms with Crippen molar-refractivity contribution in [2.24, 2.45) is 10.7 Å². The van der Waals surface area contributed by atoms with Crippen LogP contribution in [0.2, 0.25) is 0 Å². The fourth-order valence-electron chi connectivity index (χ4n) is 3.38. The molecule has 0 radical (unpaired) electrons. The molecule has 7 nitrogen and oxygen atoms in total. The normalized spacial score (nSPS) is 19.1. The van der Waals surface area contributed by atoms with Crippen molar-refractivity contribution in [2.75, 3.05) is 19.6 Å². The predicted molar refractivity (Wildman–Crippen MR) is 129 cm³/mol. The second-order valence-corrected chi connectivity index (χ2v) is 7.36. The van der Waals surface area contributed by atoms with Crippen LogP contribution < -0.4 is 11.1 Å². The van der Waals surface area contributed by atoms with Gasteiger partial charge in [-0.15, -0.1) is 24.0 Å². The van der Waals surface area contributed by atoms with Crippen LogP contribution in [0.25, 0.3) is 0 Å². The number of halogens is 1. The number of aliphatic imine (C=N–C) groups is 1. The standard InChI is InChI=1S/C22H29N5O2.HI/c1-16-14-27(15-17(2)29-16)21(28)19-8-6-18(7-9-19)13-26-22(23)25-12-10-20-5-3-4-11-24-20;/h3-9,11,16-17H,10,12-15H2,1-2H3,(H3,23,25,26);1H. The number of rotatable bonds is 6. The highest BCUT2D eigenvalue weighted by molar-refractivity contribution is 14.0. The van der Waals surface area contributed by atoms with Crippen LogP contribution in [0.4, 0.5) is 0 Å². The number of guanidine groups is 1. The molecule has 3 rings (SSSR count). The summed E-state index contributed by atoms with van der Waals surface area (Å²) in [5, 5.41) is 3.10. The summed E-state index contributed by atoms with van der Waals surface area (Å²) in [6, 6.07) is 13.4. The summed E-state index contributed by atoms with van der Waals surface area (Å²) in [7, 11) is 0. The smallest absolute Gasteiger partial charge is 0.254 e. The number of carbonyl (C=O) groups is 1. The van der Waals surface area contributed by atoms with E-state index in [1.807, 2.05) is 61.2 Å². The Kier molecular flexibility index (Phi) is 9.51. The molecule has 0 saturated carbocycles. The number of amides is 1. The first kappa shape index (κ1) is 24.1. The van der Waals surface area contributed by atoms with Crippen LogP contribution in [-0.2, 0) is 17.7 Å². The molecule has 2 heterocycles. The molecule has 162 valence electrons. The Morgan fingerprint density at radius 2 is 1.90 bits per heavy atom. The van der Waals surface area contributed by atoms with Crippen molar-refractivity contribution in [3.05, 3.63) is 65.5 Å². The largest absolute Gasteiger partial charge is 0.372 e. The summed E-state index contributed by atoms with van der Waals surface area (Å²) in [5.74, 6) is 0.440. The van der Waals surface area contributed by atoms with Crippen LogP contribution in [0.5, 0.6) is 0 Å². The van der Waals surface area contributed by atoms with Crippen molar-refractivity contribution in [1.82, 2.24) is 15.2 Å². The third-order valence-corrected chi connectivity index (χ3v) is 4.75. The summed E-state index contributed by atoms with van der Waals surface area (Å²) in [4.78, 5) is 23.2. The lowest BCUT2D eigenvalue weighted by Gasteiger charge is -2.35. The predicted octanol–water partition coefficient (Wildman–Crippen LogP) is 2.60. The summed E-state index contributed by atoms with van der Waals surface area (Å²) in [5.41, 5.74) is 8.63. The first-order valence-electron chi connectivity index (χ1n) is 9.98. The van der Waals surface area contributed by atoms with Gasteiger partial charge in [-0.1, -0.05) is 18.2 Å². The van der Waals surface area contributed by atoms with E-state index < -0.39 is 0 Å². The van der Waals surface area contributed by atoms with Crippen molar-refractivity contribution in [2.45, 2.75) is 39.0 Å². The van der Waals surface area contributed by atoms with Gasteiger partial charge < -0.3 is 20.7 Å². The molecule has 3 N–H and O–H groups in total. The molecule has 1 aromatic carbocycles. The Bertz CT molecular complexity index is 819. The van der Waals surface area contributed by atoms with Crippen molar-refractivity contribution in [1.29, 1.82) is 0 Å². The number of nitrogens with two attached hydrogens (primary N) is 1. The highest BCUT2D eigenvalue weighted by Gasteiger charge is 2.26. The number of nitrogens with one attached hydrogen (secondary N) is 1. The van der Waals surface area contributed by atoms with Crippen molar-refractivity contribution in [3.63, 3.8) is 0 Å². The zero-order chi connectivity index (χ0) is 20.6. The molecule has 1 fully saturated rings. The molecule has 0 spiro atoms. The van der Waals surface area contributed by atoms with E-state index in [2.05, 4.69) is 15.3 Å². The molecular weight excluding hydrogens is 493 g/mol. The third kappa shape index (κ3) is 7.24. The highest BCUT2D eigenvalue weighted by atomic mass is 127. The Morgan fingerprint density at radius 3 is 2.53 bits per heavy atom. The van der Waals surface area contributed by atoms with E-state index in [-0.39, 0.29) is 42.1 Å². The van der Waals surface area contributed by atoms with Gasteiger partial charge in [0.2, 0.25) is 0 Å². The minimum atomic E-state index is 0. The van der Waals surface area contributed by atoms with E-state index in [1.54, 1.807) is 6.20 Å². The summed E-state index contributed by atoms with van der Waals surface area (Å²) in [6.45, 7) is 6.36. The maximum atomic E-state index is 12.7. The van der Waals surface area contributed by atoms with E-state index in [4.69, 9.17) is 10.5 Å². The molecule has 30 heavy (non-hydrogen) atoms. The van der Waals surface area contributed by atoms with E-state index in [1.165, 1.54) is 0 Å². The fraction of sp³-hybridized carbons (Fsp3) is 0.409. The third-order valence-electron chi connectivity index (χ3n) is 4.75. The van der Waals surface area contributed by atoms with E-state index in [9.17, 15) is 4.79 Å². The molecule has 1 aliphatic heterocycles. The van der Waals surface area contributed by atoms with Gasteiger partial charge in [-0.2, -0.15) is 0 Å². The van der Waals surface area contributed by atoms with Gasteiger partial charge in [-0.3, -0.25) is 9.78 Å². The van der Waals surface area contributed by atoms with Gasteiger partial charge in [0.25, 0.3) is 5.91 Å². The fourth-order valence-corrected chi connectivity index (χ4v) is 3.38. The number of aromatic nitrogens is 1. The van der Waals surface area contributed by atoms with Gasteiger partial charge in [0.15, 0.2) is 5.96 Å². The van der Waals surface area contributed by atoms with Crippen LogP contribution in [0.3, 0.4) is 0 Å². The molecule has 0 bridgehead atoms. The molecule has 1 aliphatic rings. The zero-order valence-electron chi connectivity index (χ0n) is 17.5. The topological polar surface area (TPSA) is 92.8 Å². The average Bonchev–Trinajstić information content (AvgIpc) is 2.72. The van der Waals surface area contributed by atoms with Gasteiger partial charge in [0.1, 0.15) is 0 Å². The highest BCUT2D eigenvalue weighted by Crippen LogP contribution is 2.15. The molecular formula is C22H30IN5O2. The second kappa shape index (κ2) is 11.8. The molecule has 0 aliphatic carbocycles. The summed E-state index contributed by atoms with van der Waals surface area (Å²) in [6.07, 6.45) is 2.68. The maximum absolute atomic E-state index is 12.7. The van der Waals surface area contributed by atoms with Crippen LogP contribution in [0.1, 0.15) is 35.5 Å². The Hall–Kier alpha value is -2.20. The Balaban J connectivity index is 0.00000320. The van der Waals surface area contributed by atoms with Crippen LogP contribution in [-0.4, -0.2) is 53.6 Å². The van der Waals surface area contributed by atoms with Gasteiger partial charge in [-0.05, 0) is 43.7 Å². The summed E-state index contributed by atoms with van der Waals surface area (Å²) >= 11 is 0. The Morgan fingerprint density at radius 1 is 1.20 bits per heavy atom. The molecule has 8 heteroatoms. The second-order valence-electron chi connectivity index (χ2n) is 7.36. The lowest BCUT2D eigenvalue weighted by molar-refractivity contribution is -0.0586. The van der Waals surface area contributed by atoms with Crippen LogP contribution in [0.15, 0.2) is 53.7 Å². The van der Waals surface area contributed by atoms with E-state index in [0.717, 1.165) is 17.7 Å². The van der Waals surface area contributed by atoms with E-state index in [0.29, 0.717) is 37.7 Å². The lowest BCUT2D eigenvalue weighted by Crippen LogP contribution is -2.48. The zero-order valence-corrected chi connectivity index (χ0v) is 19.8. The Labute approximate surface area is 195 Å². The minimum Gasteiger partial charge on any atom is -0.372 e. The number of hydrogen-bond donors (Lipinski definition) is 2. The summed E-state index contributed by atoms with van der Waals surface area (Å²) < 4.78 is 5.70. The van der Waals surface area contributed by atoms with Crippen molar-refractivity contribution >= 4 is 35.8 Å². The number of hydrogen-bond acceptors (Lipinski definition) is 4. The van der Waals surface area contributed by atoms with Crippen molar-refractivity contribution < 1.29 is 9.53 Å². The number of ether oxygens (including phenoxy) is 1.